The molecule has 0 aromatic heterocycles. The third kappa shape index (κ3) is 5.88. The van der Waals surface area contributed by atoms with Crippen molar-refractivity contribution in [3.63, 3.8) is 0 Å². The highest BCUT2D eigenvalue weighted by molar-refractivity contribution is 5.70. The van der Waals surface area contributed by atoms with Gasteiger partial charge in [-0.2, -0.15) is 0 Å². The van der Waals surface area contributed by atoms with E-state index in [-0.39, 0.29) is 5.92 Å². The van der Waals surface area contributed by atoms with Crippen molar-refractivity contribution in [1.82, 2.24) is 0 Å². The van der Waals surface area contributed by atoms with E-state index in [1.807, 2.05) is 0 Å². The number of hydrogen-bond acceptors (Lipinski definition) is 1. The van der Waals surface area contributed by atoms with Crippen LogP contribution in [-0.4, -0.2) is 11.1 Å². The first kappa shape index (κ1) is 15.5. The van der Waals surface area contributed by atoms with Crippen molar-refractivity contribution in [3.05, 3.63) is 0 Å². The van der Waals surface area contributed by atoms with Crippen LogP contribution in [0.3, 0.4) is 0 Å². The molecule has 2 heteroatoms. The molecule has 0 saturated heterocycles. The Bertz CT molecular complexity index is 225. The van der Waals surface area contributed by atoms with E-state index in [9.17, 15) is 9.90 Å². The highest BCUT2D eigenvalue weighted by Gasteiger charge is 2.28. The van der Waals surface area contributed by atoms with Crippen LogP contribution in [0.25, 0.3) is 0 Å². The summed E-state index contributed by atoms with van der Waals surface area (Å²) in [6, 6.07) is 0. The Hall–Kier alpha value is -0.530. The fourth-order valence-corrected chi connectivity index (χ4v) is 3.24. The first-order valence-electron chi connectivity index (χ1n) is 7.98. The molecule has 0 spiro atoms. The molecule has 106 valence electrons. The van der Waals surface area contributed by atoms with E-state index in [0.717, 1.165) is 25.7 Å². The van der Waals surface area contributed by atoms with Gasteiger partial charge in [0.25, 0.3) is 0 Å². The summed E-state index contributed by atoms with van der Waals surface area (Å²) in [6.07, 6.45) is 14.6. The third-order valence-corrected chi connectivity index (χ3v) is 4.40. The molecule has 1 aliphatic carbocycles. The first-order chi connectivity index (χ1) is 8.75. The van der Waals surface area contributed by atoms with Crippen LogP contribution in [0.5, 0.6) is 0 Å². The number of carbonyl (C=O) groups is 1. The fraction of sp³-hybridized carbons (Fsp3) is 0.938. The van der Waals surface area contributed by atoms with Crippen LogP contribution in [-0.2, 0) is 4.79 Å². The molecule has 0 aromatic carbocycles. The predicted molar refractivity (Wildman–Crippen MR) is 75.7 cm³/mol. The maximum atomic E-state index is 11.3. The molecular weight excluding hydrogens is 224 g/mol. The molecule has 1 N–H and O–H groups in total. The van der Waals surface area contributed by atoms with Gasteiger partial charge in [0, 0.05) is 0 Å². The standard InChI is InChI=1S/C16H30O2/c1-2-3-4-5-6-8-11-14-12-9-7-10-13-15(14)16(17)18/h14-15H,2-13H2,1H3,(H,17,18). The second-order valence-electron chi connectivity index (χ2n) is 5.90. The lowest BCUT2D eigenvalue weighted by Gasteiger charge is -2.21. The Morgan fingerprint density at radius 1 is 1.00 bits per heavy atom. The van der Waals surface area contributed by atoms with Crippen molar-refractivity contribution < 1.29 is 9.90 Å². The second kappa shape index (κ2) is 9.41. The molecule has 0 amide bonds. The van der Waals surface area contributed by atoms with Crippen LogP contribution in [0.15, 0.2) is 0 Å². The lowest BCUT2D eigenvalue weighted by Crippen LogP contribution is -2.22. The van der Waals surface area contributed by atoms with Crippen molar-refractivity contribution in [3.8, 4) is 0 Å². The van der Waals surface area contributed by atoms with Gasteiger partial charge in [-0.15, -0.1) is 0 Å². The van der Waals surface area contributed by atoms with Gasteiger partial charge in [-0.25, -0.2) is 0 Å². The lowest BCUT2D eigenvalue weighted by molar-refractivity contribution is -0.144. The molecule has 1 rings (SSSR count). The quantitative estimate of drug-likeness (QED) is 0.488. The van der Waals surface area contributed by atoms with Gasteiger partial charge in [0.15, 0.2) is 0 Å². The van der Waals surface area contributed by atoms with Crippen LogP contribution in [0.4, 0.5) is 0 Å². The van der Waals surface area contributed by atoms with Crippen molar-refractivity contribution in [2.45, 2.75) is 84.0 Å². The third-order valence-electron chi connectivity index (χ3n) is 4.40. The maximum Gasteiger partial charge on any atom is 0.306 e. The summed E-state index contributed by atoms with van der Waals surface area (Å²) in [6.45, 7) is 2.24. The normalized spacial score (nSPS) is 24.7. The summed E-state index contributed by atoms with van der Waals surface area (Å²) < 4.78 is 0. The monoisotopic (exact) mass is 254 g/mol. The summed E-state index contributed by atoms with van der Waals surface area (Å²) in [4.78, 5) is 11.3. The highest BCUT2D eigenvalue weighted by Crippen LogP contribution is 2.32. The van der Waals surface area contributed by atoms with E-state index in [2.05, 4.69) is 6.92 Å². The van der Waals surface area contributed by atoms with E-state index in [1.165, 1.54) is 51.4 Å². The van der Waals surface area contributed by atoms with Crippen molar-refractivity contribution in [1.29, 1.82) is 0 Å². The fourth-order valence-electron chi connectivity index (χ4n) is 3.24. The number of rotatable bonds is 8. The number of unbranched alkanes of at least 4 members (excludes halogenated alkanes) is 5. The van der Waals surface area contributed by atoms with Gasteiger partial charge in [0.2, 0.25) is 0 Å². The Balaban J connectivity index is 2.22. The van der Waals surface area contributed by atoms with E-state index in [0.29, 0.717) is 5.92 Å². The lowest BCUT2D eigenvalue weighted by atomic mass is 9.84. The van der Waals surface area contributed by atoms with Crippen molar-refractivity contribution in [2.75, 3.05) is 0 Å². The molecule has 0 bridgehead atoms. The summed E-state index contributed by atoms with van der Waals surface area (Å²) in [7, 11) is 0. The number of carboxylic acid groups (broad SMARTS) is 1. The Kier molecular flexibility index (Phi) is 8.11. The van der Waals surface area contributed by atoms with Crippen LogP contribution < -0.4 is 0 Å². The molecule has 2 unspecified atom stereocenters. The van der Waals surface area contributed by atoms with Gasteiger partial charge in [0.05, 0.1) is 5.92 Å². The summed E-state index contributed by atoms with van der Waals surface area (Å²) in [5, 5.41) is 9.31. The van der Waals surface area contributed by atoms with Crippen molar-refractivity contribution >= 4 is 5.97 Å². The van der Waals surface area contributed by atoms with Gasteiger partial charge in [0.1, 0.15) is 0 Å². The number of hydrogen-bond donors (Lipinski definition) is 1. The van der Waals surface area contributed by atoms with E-state index >= 15 is 0 Å². The minimum atomic E-state index is -0.548. The molecule has 1 saturated carbocycles. The zero-order chi connectivity index (χ0) is 13.2. The van der Waals surface area contributed by atoms with Gasteiger partial charge in [-0.1, -0.05) is 64.7 Å². The van der Waals surface area contributed by atoms with E-state index in [1.54, 1.807) is 0 Å². The van der Waals surface area contributed by atoms with Crippen LogP contribution in [0.1, 0.15) is 84.0 Å². The summed E-state index contributed by atoms with van der Waals surface area (Å²) in [5.41, 5.74) is 0. The van der Waals surface area contributed by atoms with Gasteiger partial charge in [-0.05, 0) is 25.2 Å². The molecule has 0 heterocycles. The minimum Gasteiger partial charge on any atom is -0.481 e. The highest BCUT2D eigenvalue weighted by atomic mass is 16.4. The molecule has 1 fully saturated rings. The molecular formula is C16H30O2. The topological polar surface area (TPSA) is 37.3 Å². The molecule has 0 aliphatic heterocycles. The van der Waals surface area contributed by atoms with Crippen LogP contribution >= 0.6 is 0 Å². The molecule has 2 nitrogen and oxygen atoms in total. The molecule has 0 aromatic rings. The Labute approximate surface area is 112 Å². The number of aliphatic carboxylic acids is 1. The molecule has 0 radical (unpaired) electrons. The Morgan fingerprint density at radius 2 is 1.67 bits per heavy atom. The molecule has 18 heavy (non-hydrogen) atoms. The average Bonchev–Trinajstić information content (AvgIpc) is 2.59. The van der Waals surface area contributed by atoms with Crippen LogP contribution in [0.2, 0.25) is 0 Å². The number of carboxylic acids is 1. The smallest absolute Gasteiger partial charge is 0.306 e. The summed E-state index contributed by atoms with van der Waals surface area (Å²) in [5.74, 6) is -0.146. The summed E-state index contributed by atoms with van der Waals surface area (Å²) >= 11 is 0. The zero-order valence-corrected chi connectivity index (χ0v) is 12.0. The van der Waals surface area contributed by atoms with Gasteiger partial charge < -0.3 is 5.11 Å². The van der Waals surface area contributed by atoms with E-state index < -0.39 is 5.97 Å². The predicted octanol–water partition coefficient (Wildman–Crippen LogP) is 5.02. The average molecular weight is 254 g/mol. The zero-order valence-electron chi connectivity index (χ0n) is 12.0. The van der Waals surface area contributed by atoms with Crippen molar-refractivity contribution in [2.24, 2.45) is 11.8 Å². The second-order valence-corrected chi connectivity index (χ2v) is 5.90. The van der Waals surface area contributed by atoms with E-state index in [4.69, 9.17) is 0 Å². The molecule has 2 atom stereocenters. The largest absolute Gasteiger partial charge is 0.481 e. The van der Waals surface area contributed by atoms with Gasteiger partial charge >= 0.3 is 5.97 Å². The van der Waals surface area contributed by atoms with Crippen LogP contribution in [0, 0.1) is 11.8 Å². The Morgan fingerprint density at radius 3 is 2.39 bits per heavy atom. The van der Waals surface area contributed by atoms with Gasteiger partial charge in [-0.3, -0.25) is 4.79 Å². The SMILES string of the molecule is CCCCCCCCC1CCCCCC1C(=O)O. The minimum absolute atomic E-state index is 0.0526. The maximum absolute atomic E-state index is 11.3. The molecule has 1 aliphatic rings. The first-order valence-corrected chi connectivity index (χ1v) is 7.98.